The number of nitrogens with one attached hydrogen (secondary N) is 1. The monoisotopic (exact) mass is 650 g/mol. The summed E-state index contributed by atoms with van der Waals surface area (Å²) in [6.45, 7) is 0.730. The largest absolute Gasteiger partial charge is 0.351 e. The molecule has 3 aromatic heterocycles. The van der Waals surface area contributed by atoms with Crippen LogP contribution in [0.4, 0.5) is 10.1 Å². The number of benzene rings is 3. The zero-order valence-corrected chi connectivity index (χ0v) is 26.0. The Labute approximate surface area is 269 Å². The standard InChI is InChI=1S/C34H27FN6O3S2/c35-27-4-3-6-31(18-27)46(43,44)41(22-30-20-37-23-40(30)21-25-9-7-24(19-36)8-10-25)29-11-12-32-26(16-29)17-33(45-32)34(42)39-15-13-28-5-1-2-14-38-28/h1-12,14,16-18,20,23H,13,15,21-22H2,(H,39,42). The highest BCUT2D eigenvalue weighted by Crippen LogP contribution is 2.33. The zero-order chi connectivity index (χ0) is 32.1. The number of hydrogen-bond donors (Lipinski definition) is 1. The third kappa shape index (κ3) is 6.81. The van der Waals surface area contributed by atoms with E-state index in [1.807, 2.05) is 34.9 Å². The molecule has 9 nitrogen and oxygen atoms in total. The molecular weight excluding hydrogens is 624 g/mol. The van der Waals surface area contributed by atoms with E-state index in [2.05, 4.69) is 21.4 Å². The number of thiophene rings is 1. The van der Waals surface area contributed by atoms with Crippen LogP contribution in [0, 0.1) is 17.1 Å². The van der Waals surface area contributed by atoms with Gasteiger partial charge in [-0.25, -0.2) is 17.8 Å². The molecule has 0 spiro atoms. The van der Waals surface area contributed by atoms with E-state index in [0.29, 0.717) is 46.7 Å². The van der Waals surface area contributed by atoms with E-state index < -0.39 is 15.8 Å². The second kappa shape index (κ2) is 13.3. The van der Waals surface area contributed by atoms with E-state index in [0.717, 1.165) is 22.0 Å². The first-order valence-electron chi connectivity index (χ1n) is 14.3. The Hall–Kier alpha value is -5.38. The van der Waals surface area contributed by atoms with E-state index in [1.54, 1.807) is 55.1 Å². The van der Waals surface area contributed by atoms with E-state index in [1.165, 1.54) is 33.8 Å². The fourth-order valence-electron chi connectivity index (χ4n) is 4.96. The van der Waals surface area contributed by atoms with Gasteiger partial charge >= 0.3 is 0 Å². The van der Waals surface area contributed by atoms with Crippen LogP contribution in [-0.4, -0.2) is 35.4 Å². The lowest BCUT2D eigenvalue weighted by atomic mass is 10.1. The van der Waals surface area contributed by atoms with Crippen LogP contribution < -0.4 is 9.62 Å². The number of fused-ring (bicyclic) bond motifs is 1. The number of amides is 1. The van der Waals surface area contributed by atoms with Gasteiger partial charge in [0.05, 0.1) is 45.7 Å². The van der Waals surface area contributed by atoms with Crippen molar-refractivity contribution in [1.82, 2.24) is 19.9 Å². The second-order valence-corrected chi connectivity index (χ2v) is 13.4. The van der Waals surface area contributed by atoms with Crippen LogP contribution in [0.2, 0.25) is 0 Å². The van der Waals surface area contributed by atoms with Crippen LogP contribution >= 0.6 is 11.3 Å². The average Bonchev–Trinajstić information content (AvgIpc) is 3.70. The molecule has 0 radical (unpaired) electrons. The van der Waals surface area contributed by atoms with Crippen molar-refractivity contribution < 1.29 is 17.6 Å². The Balaban J connectivity index is 1.29. The average molecular weight is 651 g/mol. The normalized spacial score (nSPS) is 11.3. The molecule has 0 saturated carbocycles. The third-order valence-corrected chi connectivity index (χ3v) is 10.2. The highest BCUT2D eigenvalue weighted by molar-refractivity contribution is 7.92. The number of pyridine rings is 1. The van der Waals surface area contributed by atoms with Crippen LogP contribution in [0.3, 0.4) is 0 Å². The van der Waals surface area contributed by atoms with Gasteiger partial charge in [-0.1, -0.05) is 24.3 Å². The fourth-order valence-corrected chi connectivity index (χ4v) is 7.37. The number of halogens is 1. The molecule has 0 aliphatic rings. The molecule has 0 bridgehead atoms. The van der Waals surface area contributed by atoms with Gasteiger partial charge in [0, 0.05) is 42.3 Å². The first-order valence-corrected chi connectivity index (χ1v) is 16.5. The zero-order valence-electron chi connectivity index (χ0n) is 24.4. The number of anilines is 1. The molecule has 46 heavy (non-hydrogen) atoms. The van der Waals surface area contributed by atoms with Crippen molar-refractivity contribution in [3.8, 4) is 6.07 Å². The fraction of sp³-hybridized carbons (Fsp3) is 0.118. The number of sulfonamides is 1. The minimum absolute atomic E-state index is 0.0916. The molecule has 0 unspecified atom stereocenters. The van der Waals surface area contributed by atoms with E-state index >= 15 is 0 Å². The van der Waals surface area contributed by atoms with Crippen molar-refractivity contribution in [3.05, 3.63) is 143 Å². The van der Waals surface area contributed by atoms with Crippen molar-refractivity contribution in [2.45, 2.75) is 24.4 Å². The number of carbonyl (C=O) groups excluding carboxylic acids is 1. The molecular formula is C34H27FN6O3S2. The molecule has 230 valence electrons. The van der Waals surface area contributed by atoms with Crippen LogP contribution in [-0.2, 0) is 29.5 Å². The third-order valence-electron chi connectivity index (χ3n) is 7.33. The van der Waals surface area contributed by atoms with Gasteiger partial charge in [-0.2, -0.15) is 5.26 Å². The molecule has 12 heteroatoms. The number of carbonyl (C=O) groups is 1. The van der Waals surface area contributed by atoms with Gasteiger partial charge in [0.15, 0.2) is 0 Å². The predicted molar refractivity (Wildman–Crippen MR) is 174 cm³/mol. The Bertz CT molecular complexity index is 2160. The lowest BCUT2D eigenvalue weighted by Gasteiger charge is -2.25. The maximum Gasteiger partial charge on any atom is 0.264 e. The Morgan fingerprint density at radius 2 is 1.87 bits per heavy atom. The topological polar surface area (TPSA) is 121 Å². The van der Waals surface area contributed by atoms with Crippen molar-refractivity contribution >= 4 is 43.0 Å². The molecule has 0 aliphatic carbocycles. The van der Waals surface area contributed by atoms with Gasteiger partial charge in [0.25, 0.3) is 15.9 Å². The predicted octanol–water partition coefficient (Wildman–Crippen LogP) is 5.92. The number of rotatable bonds is 11. The van der Waals surface area contributed by atoms with Gasteiger partial charge in [-0.15, -0.1) is 11.3 Å². The molecule has 0 aliphatic heterocycles. The smallest absolute Gasteiger partial charge is 0.264 e. The highest BCUT2D eigenvalue weighted by Gasteiger charge is 2.27. The van der Waals surface area contributed by atoms with Crippen LogP contribution in [0.25, 0.3) is 10.1 Å². The Morgan fingerprint density at radius 1 is 1.02 bits per heavy atom. The summed E-state index contributed by atoms with van der Waals surface area (Å²) in [5.74, 6) is -0.895. The molecule has 3 heterocycles. The summed E-state index contributed by atoms with van der Waals surface area (Å²) < 4.78 is 46.2. The number of imidazole rings is 1. The van der Waals surface area contributed by atoms with Crippen LogP contribution in [0.15, 0.2) is 115 Å². The summed E-state index contributed by atoms with van der Waals surface area (Å²) in [6.07, 6.45) is 5.51. The van der Waals surface area contributed by atoms with Gasteiger partial charge in [0.2, 0.25) is 0 Å². The Morgan fingerprint density at radius 3 is 2.63 bits per heavy atom. The Kier molecular flexibility index (Phi) is 8.87. The molecule has 1 N–H and O–H groups in total. The molecule has 0 saturated heterocycles. The molecule has 3 aromatic carbocycles. The number of nitriles is 1. The summed E-state index contributed by atoms with van der Waals surface area (Å²) in [6, 6.07) is 26.7. The van der Waals surface area contributed by atoms with E-state index in [9.17, 15) is 17.6 Å². The van der Waals surface area contributed by atoms with Gasteiger partial charge in [-0.3, -0.25) is 14.1 Å². The molecule has 6 aromatic rings. The SMILES string of the molecule is N#Cc1ccc(Cn2cncc2CN(c2ccc3sc(C(=O)NCCc4ccccn4)cc3c2)S(=O)(=O)c2cccc(F)c2)cc1. The van der Waals surface area contributed by atoms with Gasteiger partial charge < -0.3 is 9.88 Å². The van der Waals surface area contributed by atoms with Crippen molar-refractivity contribution in [2.75, 3.05) is 10.8 Å². The lowest BCUT2D eigenvalue weighted by molar-refractivity contribution is 0.0958. The quantitative estimate of drug-likeness (QED) is 0.186. The minimum Gasteiger partial charge on any atom is -0.351 e. The van der Waals surface area contributed by atoms with Crippen LogP contribution in [0.5, 0.6) is 0 Å². The van der Waals surface area contributed by atoms with Crippen molar-refractivity contribution in [1.29, 1.82) is 5.26 Å². The molecule has 6 rings (SSSR count). The summed E-state index contributed by atoms with van der Waals surface area (Å²) in [5.41, 5.74) is 3.27. The van der Waals surface area contributed by atoms with Gasteiger partial charge in [0.1, 0.15) is 5.82 Å². The van der Waals surface area contributed by atoms with E-state index in [-0.39, 0.29) is 17.3 Å². The number of nitrogens with zero attached hydrogens (tertiary/aromatic N) is 5. The lowest BCUT2D eigenvalue weighted by Crippen LogP contribution is -2.31. The summed E-state index contributed by atoms with van der Waals surface area (Å²) in [5, 5.41) is 12.7. The summed E-state index contributed by atoms with van der Waals surface area (Å²) in [7, 11) is -4.23. The highest BCUT2D eigenvalue weighted by atomic mass is 32.2. The van der Waals surface area contributed by atoms with Gasteiger partial charge in [-0.05, 0) is 77.7 Å². The van der Waals surface area contributed by atoms with Crippen LogP contribution in [0.1, 0.15) is 32.2 Å². The second-order valence-electron chi connectivity index (χ2n) is 10.5. The minimum atomic E-state index is -4.23. The number of aromatic nitrogens is 3. The van der Waals surface area contributed by atoms with Crippen molar-refractivity contribution in [2.24, 2.45) is 0 Å². The molecule has 1 amide bonds. The molecule has 0 atom stereocenters. The maximum absolute atomic E-state index is 14.2. The van der Waals surface area contributed by atoms with Crippen molar-refractivity contribution in [3.63, 3.8) is 0 Å². The summed E-state index contributed by atoms with van der Waals surface area (Å²) in [4.78, 5) is 21.8. The van der Waals surface area contributed by atoms with E-state index in [4.69, 9.17) is 5.26 Å². The first-order chi connectivity index (χ1) is 22.3. The maximum atomic E-state index is 14.2. The summed E-state index contributed by atoms with van der Waals surface area (Å²) >= 11 is 1.31. The number of hydrogen-bond acceptors (Lipinski definition) is 7. The first kappa shape index (κ1) is 30.6. The molecule has 0 fully saturated rings.